The molecule has 0 bridgehead atoms. The van der Waals surface area contributed by atoms with Crippen molar-refractivity contribution < 1.29 is 0 Å². The number of aliphatic imine (C=N–C) groups is 1. The molecule has 2 heteroatoms. The SMILES string of the molecule is C=C1CCC2=CN=CCN12. The van der Waals surface area contributed by atoms with Crippen LogP contribution < -0.4 is 0 Å². The summed E-state index contributed by atoms with van der Waals surface area (Å²) in [7, 11) is 0. The molecular formula is C8H10N2. The molecule has 0 aromatic heterocycles. The second-order valence-electron chi connectivity index (χ2n) is 2.63. The van der Waals surface area contributed by atoms with Crippen LogP contribution in [0.5, 0.6) is 0 Å². The molecule has 0 aliphatic carbocycles. The van der Waals surface area contributed by atoms with Crippen molar-refractivity contribution in [1.29, 1.82) is 0 Å². The zero-order chi connectivity index (χ0) is 6.97. The summed E-state index contributed by atoms with van der Waals surface area (Å²) >= 11 is 0. The molecule has 2 heterocycles. The monoisotopic (exact) mass is 134 g/mol. The van der Waals surface area contributed by atoms with Crippen LogP contribution in [0.1, 0.15) is 12.8 Å². The average Bonchev–Trinajstić information content (AvgIpc) is 2.34. The fraction of sp³-hybridized carbons (Fsp3) is 0.375. The number of rotatable bonds is 0. The second kappa shape index (κ2) is 1.97. The Balaban J connectivity index is 2.31. The molecule has 10 heavy (non-hydrogen) atoms. The Kier molecular flexibility index (Phi) is 1.13. The Hall–Kier alpha value is -1.05. The molecule has 0 N–H and O–H groups in total. The van der Waals surface area contributed by atoms with Crippen molar-refractivity contribution in [3.8, 4) is 0 Å². The summed E-state index contributed by atoms with van der Waals surface area (Å²) in [5, 5.41) is 0. The van der Waals surface area contributed by atoms with E-state index in [2.05, 4.69) is 16.5 Å². The van der Waals surface area contributed by atoms with Crippen molar-refractivity contribution in [2.24, 2.45) is 4.99 Å². The number of fused-ring (bicyclic) bond motifs is 1. The van der Waals surface area contributed by atoms with Gasteiger partial charge in [-0.15, -0.1) is 0 Å². The topological polar surface area (TPSA) is 15.6 Å². The molecule has 0 saturated carbocycles. The summed E-state index contributed by atoms with van der Waals surface area (Å²) in [5.41, 5.74) is 2.56. The summed E-state index contributed by atoms with van der Waals surface area (Å²) in [6, 6.07) is 0. The zero-order valence-electron chi connectivity index (χ0n) is 5.88. The van der Waals surface area contributed by atoms with Crippen molar-refractivity contribution >= 4 is 6.21 Å². The van der Waals surface area contributed by atoms with Crippen molar-refractivity contribution in [1.82, 2.24) is 4.90 Å². The smallest absolute Gasteiger partial charge is 0.0578 e. The van der Waals surface area contributed by atoms with Crippen molar-refractivity contribution in [2.45, 2.75) is 12.8 Å². The molecule has 2 nitrogen and oxygen atoms in total. The van der Waals surface area contributed by atoms with E-state index >= 15 is 0 Å². The molecule has 2 aliphatic heterocycles. The third-order valence-corrected chi connectivity index (χ3v) is 1.99. The predicted octanol–water partition coefficient (Wildman–Crippen LogP) is 1.52. The fourth-order valence-electron chi connectivity index (χ4n) is 1.39. The van der Waals surface area contributed by atoms with Gasteiger partial charge in [-0.25, -0.2) is 0 Å². The van der Waals surface area contributed by atoms with E-state index in [4.69, 9.17) is 0 Å². The molecule has 1 fully saturated rings. The lowest BCUT2D eigenvalue weighted by molar-refractivity contribution is 0.519. The minimum Gasteiger partial charge on any atom is -0.342 e. The van der Waals surface area contributed by atoms with Gasteiger partial charge in [-0.05, 0) is 12.8 Å². The third-order valence-electron chi connectivity index (χ3n) is 1.99. The lowest BCUT2D eigenvalue weighted by Gasteiger charge is -2.20. The summed E-state index contributed by atoms with van der Waals surface area (Å²) < 4.78 is 0. The number of hydrogen-bond donors (Lipinski definition) is 0. The van der Waals surface area contributed by atoms with E-state index in [9.17, 15) is 0 Å². The van der Waals surface area contributed by atoms with Gasteiger partial charge in [-0.2, -0.15) is 0 Å². The Bertz CT molecular complexity index is 225. The van der Waals surface area contributed by atoms with Crippen LogP contribution in [0.2, 0.25) is 0 Å². The quantitative estimate of drug-likeness (QED) is 0.490. The van der Waals surface area contributed by atoms with Crippen LogP contribution >= 0.6 is 0 Å². The largest absolute Gasteiger partial charge is 0.342 e. The number of hydrogen-bond acceptors (Lipinski definition) is 2. The molecule has 0 aromatic rings. The highest BCUT2D eigenvalue weighted by molar-refractivity contribution is 5.63. The Morgan fingerprint density at radius 3 is 3.20 bits per heavy atom. The lowest BCUT2D eigenvalue weighted by atomic mass is 10.3. The molecule has 2 rings (SSSR count). The van der Waals surface area contributed by atoms with Gasteiger partial charge in [0.25, 0.3) is 0 Å². The van der Waals surface area contributed by atoms with Gasteiger partial charge in [0.2, 0.25) is 0 Å². The molecule has 0 aromatic carbocycles. The maximum atomic E-state index is 4.08. The Morgan fingerprint density at radius 2 is 2.40 bits per heavy atom. The average molecular weight is 134 g/mol. The Labute approximate surface area is 60.6 Å². The number of allylic oxidation sites excluding steroid dienone is 2. The predicted molar refractivity (Wildman–Crippen MR) is 41.7 cm³/mol. The standard InChI is InChI=1S/C8H10N2/c1-7-2-3-8-6-9-4-5-10(7)8/h4,6H,1-3,5H2. The van der Waals surface area contributed by atoms with Gasteiger partial charge >= 0.3 is 0 Å². The molecule has 0 atom stereocenters. The van der Waals surface area contributed by atoms with E-state index in [-0.39, 0.29) is 0 Å². The van der Waals surface area contributed by atoms with E-state index in [1.54, 1.807) is 0 Å². The van der Waals surface area contributed by atoms with Crippen LogP contribution in [0, 0.1) is 0 Å². The van der Waals surface area contributed by atoms with Crippen molar-refractivity contribution in [3.63, 3.8) is 0 Å². The molecule has 52 valence electrons. The summed E-state index contributed by atoms with van der Waals surface area (Å²) in [4.78, 5) is 6.31. The van der Waals surface area contributed by atoms with E-state index < -0.39 is 0 Å². The molecule has 0 radical (unpaired) electrons. The van der Waals surface area contributed by atoms with Crippen molar-refractivity contribution in [3.05, 3.63) is 24.2 Å². The number of nitrogens with zero attached hydrogens (tertiary/aromatic N) is 2. The van der Waals surface area contributed by atoms with Crippen LogP contribution in [-0.2, 0) is 0 Å². The van der Waals surface area contributed by atoms with Gasteiger partial charge in [0.05, 0.1) is 6.54 Å². The minimum absolute atomic E-state index is 0.921. The molecule has 0 spiro atoms. The van der Waals surface area contributed by atoms with Gasteiger partial charge < -0.3 is 4.90 Å². The van der Waals surface area contributed by atoms with Gasteiger partial charge in [-0.3, -0.25) is 4.99 Å². The first-order valence-electron chi connectivity index (χ1n) is 3.54. The first-order valence-corrected chi connectivity index (χ1v) is 3.54. The molecule has 2 aliphatic rings. The van der Waals surface area contributed by atoms with Gasteiger partial charge in [0.1, 0.15) is 0 Å². The van der Waals surface area contributed by atoms with Crippen LogP contribution in [0.25, 0.3) is 0 Å². The van der Waals surface area contributed by atoms with E-state index in [1.807, 2.05) is 12.4 Å². The third kappa shape index (κ3) is 0.685. The molecule has 0 unspecified atom stereocenters. The first-order chi connectivity index (χ1) is 4.88. The summed E-state index contributed by atoms with van der Waals surface area (Å²) in [6.07, 6.45) is 6.08. The van der Waals surface area contributed by atoms with Gasteiger partial charge in [0.15, 0.2) is 0 Å². The van der Waals surface area contributed by atoms with Crippen LogP contribution in [0.15, 0.2) is 29.2 Å². The van der Waals surface area contributed by atoms with Crippen LogP contribution in [0.4, 0.5) is 0 Å². The van der Waals surface area contributed by atoms with Crippen LogP contribution in [0.3, 0.4) is 0 Å². The zero-order valence-corrected chi connectivity index (χ0v) is 5.88. The summed E-state index contributed by atoms with van der Waals surface area (Å²) in [5.74, 6) is 0. The van der Waals surface area contributed by atoms with Gasteiger partial charge in [-0.1, -0.05) is 6.58 Å². The lowest BCUT2D eigenvalue weighted by Crippen LogP contribution is -2.20. The highest BCUT2D eigenvalue weighted by atomic mass is 15.2. The normalized spacial score (nSPS) is 23.0. The molecule has 0 amide bonds. The molecular weight excluding hydrogens is 124 g/mol. The Morgan fingerprint density at radius 1 is 1.50 bits per heavy atom. The molecule has 1 saturated heterocycles. The van der Waals surface area contributed by atoms with Crippen molar-refractivity contribution in [2.75, 3.05) is 6.54 Å². The van der Waals surface area contributed by atoms with E-state index in [0.29, 0.717) is 0 Å². The summed E-state index contributed by atoms with van der Waals surface area (Å²) in [6.45, 7) is 4.88. The second-order valence-corrected chi connectivity index (χ2v) is 2.63. The van der Waals surface area contributed by atoms with Crippen LogP contribution in [-0.4, -0.2) is 17.7 Å². The van der Waals surface area contributed by atoms with Gasteiger partial charge in [0, 0.05) is 23.8 Å². The maximum absolute atomic E-state index is 4.08. The highest BCUT2D eigenvalue weighted by Crippen LogP contribution is 2.29. The minimum atomic E-state index is 0.921. The highest BCUT2D eigenvalue weighted by Gasteiger charge is 2.20. The first kappa shape index (κ1) is 5.71. The van der Waals surface area contributed by atoms with E-state index in [1.165, 1.54) is 11.4 Å². The maximum Gasteiger partial charge on any atom is 0.0578 e. The van der Waals surface area contributed by atoms with E-state index in [0.717, 1.165) is 19.4 Å². The fourth-order valence-corrected chi connectivity index (χ4v) is 1.39.